The quantitative estimate of drug-likeness (QED) is 0.653. The minimum atomic E-state index is 0.260. The fraction of sp³-hybridized carbons (Fsp3) is 0.562. The Bertz CT molecular complexity index is 367. The van der Waals surface area contributed by atoms with Crippen molar-refractivity contribution in [3.8, 4) is 0 Å². The molecule has 0 atom stereocenters. The van der Waals surface area contributed by atoms with Gasteiger partial charge in [0.25, 0.3) is 0 Å². The van der Waals surface area contributed by atoms with Gasteiger partial charge >= 0.3 is 0 Å². The van der Waals surface area contributed by atoms with Crippen LogP contribution in [0.5, 0.6) is 0 Å². The molecule has 1 aromatic rings. The molecule has 2 nitrogen and oxygen atoms in total. The van der Waals surface area contributed by atoms with Crippen molar-refractivity contribution in [2.45, 2.75) is 40.0 Å². The van der Waals surface area contributed by atoms with Crippen LogP contribution < -0.4 is 0 Å². The molecule has 0 N–H and O–H groups in total. The molecule has 0 saturated heterocycles. The largest absolute Gasteiger partial charge is 0.303 e. The lowest BCUT2D eigenvalue weighted by molar-refractivity contribution is 0.0964. The van der Waals surface area contributed by atoms with Gasteiger partial charge in [-0.05, 0) is 38.9 Å². The van der Waals surface area contributed by atoms with Gasteiger partial charge in [0.15, 0.2) is 5.78 Å². The highest BCUT2D eigenvalue weighted by molar-refractivity contribution is 5.96. The highest BCUT2D eigenvalue weighted by Crippen LogP contribution is 2.08. The third-order valence-corrected chi connectivity index (χ3v) is 3.07. The van der Waals surface area contributed by atoms with E-state index >= 15 is 0 Å². The Hall–Kier alpha value is -1.15. The van der Waals surface area contributed by atoms with Crippen molar-refractivity contribution < 1.29 is 4.79 Å². The van der Waals surface area contributed by atoms with E-state index < -0.39 is 0 Å². The minimum Gasteiger partial charge on any atom is -0.303 e. The van der Waals surface area contributed by atoms with Crippen molar-refractivity contribution in [3.05, 3.63) is 35.4 Å². The molecule has 2 heteroatoms. The van der Waals surface area contributed by atoms with E-state index in [1.54, 1.807) is 0 Å². The van der Waals surface area contributed by atoms with Crippen molar-refractivity contribution in [3.63, 3.8) is 0 Å². The maximum atomic E-state index is 12.1. The van der Waals surface area contributed by atoms with Crippen LogP contribution in [-0.4, -0.2) is 30.3 Å². The molecular weight excluding hydrogens is 222 g/mol. The van der Waals surface area contributed by atoms with E-state index in [9.17, 15) is 4.79 Å². The van der Waals surface area contributed by atoms with E-state index in [-0.39, 0.29) is 5.78 Å². The van der Waals surface area contributed by atoms with Gasteiger partial charge in [0.2, 0.25) is 0 Å². The number of aryl methyl sites for hydroxylation is 1. The first-order valence-electron chi connectivity index (χ1n) is 6.99. The second-order valence-corrected chi connectivity index (χ2v) is 4.88. The summed E-state index contributed by atoms with van der Waals surface area (Å²) < 4.78 is 0. The van der Waals surface area contributed by atoms with E-state index in [0.717, 1.165) is 43.6 Å². The first-order chi connectivity index (χ1) is 8.67. The summed E-state index contributed by atoms with van der Waals surface area (Å²) in [6.45, 7) is 9.46. The van der Waals surface area contributed by atoms with Crippen LogP contribution in [0.4, 0.5) is 0 Å². The molecule has 1 aromatic carbocycles. The summed E-state index contributed by atoms with van der Waals surface area (Å²) in [5.41, 5.74) is 2.00. The average Bonchev–Trinajstić information content (AvgIpc) is 2.36. The summed E-state index contributed by atoms with van der Waals surface area (Å²) in [4.78, 5) is 14.5. The van der Waals surface area contributed by atoms with Crippen molar-refractivity contribution in [1.82, 2.24) is 4.90 Å². The lowest BCUT2D eigenvalue weighted by Crippen LogP contribution is -2.28. The summed E-state index contributed by atoms with van der Waals surface area (Å²) in [5.74, 6) is 0.260. The number of rotatable bonds is 8. The standard InChI is InChI=1S/C16H25NO/c1-4-10-17(11-5-2)12-9-16(18)15-8-6-7-14(3)13-15/h6-8,13H,4-5,9-12H2,1-3H3. The molecule has 18 heavy (non-hydrogen) atoms. The lowest BCUT2D eigenvalue weighted by Gasteiger charge is -2.20. The monoisotopic (exact) mass is 247 g/mol. The van der Waals surface area contributed by atoms with Gasteiger partial charge in [0.05, 0.1) is 0 Å². The van der Waals surface area contributed by atoms with Gasteiger partial charge in [-0.15, -0.1) is 0 Å². The summed E-state index contributed by atoms with van der Waals surface area (Å²) in [6.07, 6.45) is 2.93. The Morgan fingerprint density at radius 1 is 1.11 bits per heavy atom. The van der Waals surface area contributed by atoms with Gasteiger partial charge in [0, 0.05) is 18.5 Å². The Labute approximate surface area is 111 Å². The van der Waals surface area contributed by atoms with Crippen molar-refractivity contribution >= 4 is 5.78 Å². The van der Waals surface area contributed by atoms with Gasteiger partial charge < -0.3 is 4.90 Å². The average molecular weight is 247 g/mol. The molecule has 0 fully saturated rings. The van der Waals surface area contributed by atoms with Gasteiger partial charge in [-0.2, -0.15) is 0 Å². The molecule has 0 aliphatic carbocycles. The van der Waals surface area contributed by atoms with Gasteiger partial charge in [0.1, 0.15) is 0 Å². The SMILES string of the molecule is CCCN(CCC)CCC(=O)c1cccc(C)c1. The molecule has 100 valence electrons. The van der Waals surface area contributed by atoms with Crippen LogP contribution in [0.2, 0.25) is 0 Å². The topological polar surface area (TPSA) is 20.3 Å². The third kappa shape index (κ3) is 5.01. The molecule has 0 saturated carbocycles. The van der Waals surface area contributed by atoms with Gasteiger partial charge in [-0.1, -0.05) is 37.6 Å². The number of ketones is 1. The van der Waals surface area contributed by atoms with Crippen molar-refractivity contribution in [1.29, 1.82) is 0 Å². The van der Waals surface area contributed by atoms with Crippen LogP contribution in [0.3, 0.4) is 0 Å². The van der Waals surface area contributed by atoms with E-state index in [1.165, 1.54) is 0 Å². The maximum absolute atomic E-state index is 12.1. The molecule has 0 unspecified atom stereocenters. The lowest BCUT2D eigenvalue weighted by atomic mass is 10.1. The predicted octanol–water partition coefficient (Wildman–Crippen LogP) is 3.69. The molecular formula is C16H25NO. The van der Waals surface area contributed by atoms with Crippen molar-refractivity contribution in [2.24, 2.45) is 0 Å². The number of carbonyl (C=O) groups excluding carboxylic acids is 1. The van der Waals surface area contributed by atoms with Crippen LogP contribution in [0.15, 0.2) is 24.3 Å². The summed E-state index contributed by atoms with van der Waals surface area (Å²) in [6, 6.07) is 7.88. The Kier molecular flexibility index (Phi) is 6.66. The van der Waals surface area contributed by atoms with Gasteiger partial charge in [-0.25, -0.2) is 0 Å². The normalized spacial score (nSPS) is 10.9. The molecule has 0 spiro atoms. The second kappa shape index (κ2) is 8.04. The molecule has 0 radical (unpaired) electrons. The van der Waals surface area contributed by atoms with E-state index in [4.69, 9.17) is 0 Å². The van der Waals surface area contributed by atoms with Crippen LogP contribution >= 0.6 is 0 Å². The Balaban J connectivity index is 2.49. The summed E-state index contributed by atoms with van der Waals surface area (Å²) in [7, 11) is 0. The van der Waals surface area contributed by atoms with Crippen LogP contribution in [-0.2, 0) is 0 Å². The zero-order valence-electron chi connectivity index (χ0n) is 11.9. The minimum absolute atomic E-state index is 0.260. The number of benzene rings is 1. The molecule has 0 amide bonds. The molecule has 0 heterocycles. The summed E-state index contributed by atoms with van der Waals surface area (Å²) in [5, 5.41) is 0. The second-order valence-electron chi connectivity index (χ2n) is 4.88. The fourth-order valence-corrected chi connectivity index (χ4v) is 2.19. The van der Waals surface area contributed by atoms with Gasteiger partial charge in [-0.3, -0.25) is 4.79 Å². The van der Waals surface area contributed by atoms with Crippen molar-refractivity contribution in [2.75, 3.05) is 19.6 Å². The highest BCUT2D eigenvalue weighted by Gasteiger charge is 2.09. The molecule has 0 aliphatic heterocycles. The number of Topliss-reactive ketones (excluding diaryl/α,β-unsaturated/α-hetero) is 1. The van der Waals surface area contributed by atoms with E-state index in [2.05, 4.69) is 18.7 Å². The zero-order chi connectivity index (χ0) is 13.4. The van der Waals surface area contributed by atoms with E-state index in [0.29, 0.717) is 6.42 Å². The molecule has 0 bridgehead atoms. The molecule has 1 rings (SSSR count). The van der Waals surface area contributed by atoms with Crippen LogP contribution in [0.1, 0.15) is 49.0 Å². The van der Waals surface area contributed by atoms with E-state index in [1.807, 2.05) is 31.2 Å². The number of carbonyl (C=O) groups is 1. The smallest absolute Gasteiger partial charge is 0.164 e. The fourth-order valence-electron chi connectivity index (χ4n) is 2.19. The Morgan fingerprint density at radius 2 is 1.78 bits per heavy atom. The first kappa shape index (κ1) is 14.9. The van der Waals surface area contributed by atoms with Crippen LogP contribution in [0.25, 0.3) is 0 Å². The zero-order valence-corrected chi connectivity index (χ0v) is 11.9. The molecule has 0 aromatic heterocycles. The van der Waals surface area contributed by atoms with Crippen LogP contribution in [0, 0.1) is 6.92 Å². The molecule has 0 aliphatic rings. The first-order valence-corrected chi connectivity index (χ1v) is 6.99. The Morgan fingerprint density at radius 3 is 2.33 bits per heavy atom. The maximum Gasteiger partial charge on any atom is 0.164 e. The summed E-state index contributed by atoms with van der Waals surface area (Å²) >= 11 is 0. The predicted molar refractivity (Wildman–Crippen MR) is 77.1 cm³/mol. The number of nitrogens with zero attached hydrogens (tertiary/aromatic N) is 1. The number of hydrogen-bond acceptors (Lipinski definition) is 2. The number of hydrogen-bond donors (Lipinski definition) is 0. The highest BCUT2D eigenvalue weighted by atomic mass is 16.1. The third-order valence-electron chi connectivity index (χ3n) is 3.07.